The summed E-state index contributed by atoms with van der Waals surface area (Å²) in [5.74, 6) is -0.304. The first-order chi connectivity index (χ1) is 6.27. The number of hydrogen-bond acceptors (Lipinski definition) is 5. The quantitative estimate of drug-likeness (QED) is 0.493. The van der Waals surface area contributed by atoms with Crippen LogP contribution in [0.2, 0.25) is 0 Å². The summed E-state index contributed by atoms with van der Waals surface area (Å²) in [6.07, 6.45) is 2.67. The normalized spacial score (nSPS) is 8.62. The molecule has 0 unspecified atom stereocenters. The number of hydrogen-bond donors (Lipinski definition) is 0. The predicted octanol–water partition coefficient (Wildman–Crippen LogP) is 0.728. The smallest absolute Gasteiger partial charge is 0.372 e. The Hall–Kier alpha value is -2.09. The average molecular weight is 178 g/mol. The third-order valence-electron chi connectivity index (χ3n) is 1.31. The topological polar surface area (TPSA) is 72.2 Å². The monoisotopic (exact) mass is 178 g/mol. The van der Waals surface area contributed by atoms with Crippen molar-refractivity contribution in [1.29, 1.82) is 5.26 Å². The van der Waals surface area contributed by atoms with Crippen molar-refractivity contribution in [1.82, 2.24) is 4.98 Å². The standard InChI is InChI=1S/C8H6N2O3/c1-12-6-2-3-10-7(4-6)8(11)13-5-9/h2-4H,1H3. The largest absolute Gasteiger partial charge is 0.497 e. The van der Waals surface area contributed by atoms with Crippen LogP contribution in [0.3, 0.4) is 0 Å². The van der Waals surface area contributed by atoms with E-state index in [1.807, 2.05) is 0 Å². The Morgan fingerprint density at radius 1 is 1.69 bits per heavy atom. The van der Waals surface area contributed by atoms with Crippen LogP contribution < -0.4 is 4.74 Å². The van der Waals surface area contributed by atoms with Crippen LogP contribution in [0, 0.1) is 11.5 Å². The van der Waals surface area contributed by atoms with Crippen LogP contribution in [0.25, 0.3) is 0 Å². The van der Waals surface area contributed by atoms with Crippen LogP contribution in [-0.4, -0.2) is 18.1 Å². The zero-order valence-electron chi connectivity index (χ0n) is 6.85. The first-order valence-electron chi connectivity index (χ1n) is 3.38. The number of methoxy groups -OCH3 is 1. The van der Waals surface area contributed by atoms with Gasteiger partial charge in [-0.2, -0.15) is 0 Å². The van der Waals surface area contributed by atoms with Crippen molar-refractivity contribution in [3.63, 3.8) is 0 Å². The minimum absolute atomic E-state index is 0.0425. The van der Waals surface area contributed by atoms with E-state index in [1.54, 1.807) is 6.07 Å². The highest BCUT2D eigenvalue weighted by molar-refractivity contribution is 5.88. The number of pyridine rings is 1. The summed E-state index contributed by atoms with van der Waals surface area (Å²) >= 11 is 0. The van der Waals surface area contributed by atoms with Crippen molar-refractivity contribution < 1.29 is 14.3 Å². The molecule has 5 heteroatoms. The Morgan fingerprint density at radius 2 is 2.46 bits per heavy atom. The molecule has 1 aromatic heterocycles. The van der Waals surface area contributed by atoms with Crippen molar-refractivity contribution >= 4 is 5.97 Å². The zero-order valence-corrected chi connectivity index (χ0v) is 6.85. The summed E-state index contributed by atoms with van der Waals surface area (Å²) in [4.78, 5) is 14.7. The van der Waals surface area contributed by atoms with Gasteiger partial charge >= 0.3 is 5.97 Å². The van der Waals surface area contributed by atoms with Crippen LogP contribution in [0.15, 0.2) is 18.3 Å². The minimum atomic E-state index is -0.790. The predicted molar refractivity (Wildman–Crippen MR) is 41.8 cm³/mol. The van der Waals surface area contributed by atoms with Gasteiger partial charge in [0.25, 0.3) is 6.26 Å². The van der Waals surface area contributed by atoms with Crippen molar-refractivity contribution in [2.75, 3.05) is 7.11 Å². The van der Waals surface area contributed by atoms with Gasteiger partial charge in [-0.1, -0.05) is 0 Å². The van der Waals surface area contributed by atoms with Gasteiger partial charge < -0.3 is 9.47 Å². The van der Waals surface area contributed by atoms with E-state index in [0.717, 1.165) is 0 Å². The van der Waals surface area contributed by atoms with Gasteiger partial charge in [-0.3, -0.25) is 0 Å². The van der Waals surface area contributed by atoms with Gasteiger partial charge in [0.1, 0.15) is 5.75 Å². The second kappa shape index (κ2) is 4.07. The molecule has 0 atom stereocenters. The first kappa shape index (κ1) is 9.00. The van der Waals surface area contributed by atoms with E-state index in [-0.39, 0.29) is 5.69 Å². The van der Waals surface area contributed by atoms with Gasteiger partial charge in [-0.25, -0.2) is 9.78 Å². The lowest BCUT2D eigenvalue weighted by Crippen LogP contribution is -2.03. The summed E-state index contributed by atoms with van der Waals surface area (Å²) in [5.41, 5.74) is 0.0425. The Kier molecular flexibility index (Phi) is 2.82. The lowest BCUT2D eigenvalue weighted by atomic mass is 10.3. The van der Waals surface area contributed by atoms with Crippen LogP contribution >= 0.6 is 0 Å². The molecule has 0 bridgehead atoms. The molecule has 0 saturated heterocycles. The van der Waals surface area contributed by atoms with Crippen molar-refractivity contribution in [3.05, 3.63) is 24.0 Å². The highest BCUT2D eigenvalue weighted by atomic mass is 16.5. The van der Waals surface area contributed by atoms with Gasteiger partial charge in [0.05, 0.1) is 7.11 Å². The molecule has 0 spiro atoms. The SMILES string of the molecule is COc1ccnc(C(=O)OC#N)c1. The molecule has 13 heavy (non-hydrogen) atoms. The molecule has 1 heterocycles. The molecule has 0 saturated carbocycles. The van der Waals surface area contributed by atoms with Gasteiger partial charge in [0.15, 0.2) is 5.69 Å². The maximum absolute atomic E-state index is 11.0. The van der Waals surface area contributed by atoms with E-state index in [2.05, 4.69) is 9.72 Å². The molecule has 1 aromatic rings. The van der Waals surface area contributed by atoms with E-state index in [1.165, 1.54) is 25.6 Å². The Bertz CT molecular complexity index is 357. The number of carbonyl (C=O) groups excluding carboxylic acids is 1. The number of nitriles is 1. The van der Waals surface area contributed by atoms with Gasteiger partial charge in [0.2, 0.25) is 0 Å². The van der Waals surface area contributed by atoms with E-state index in [0.29, 0.717) is 5.75 Å². The van der Waals surface area contributed by atoms with E-state index >= 15 is 0 Å². The number of nitrogens with zero attached hydrogens (tertiary/aromatic N) is 2. The maximum Gasteiger partial charge on any atom is 0.372 e. The number of rotatable bonds is 2. The molecular formula is C8H6N2O3. The van der Waals surface area contributed by atoms with Crippen molar-refractivity contribution in [2.24, 2.45) is 0 Å². The summed E-state index contributed by atoms with van der Waals surface area (Å²) in [6.45, 7) is 0. The molecule has 5 nitrogen and oxygen atoms in total. The first-order valence-corrected chi connectivity index (χ1v) is 3.38. The fourth-order valence-corrected chi connectivity index (χ4v) is 0.743. The van der Waals surface area contributed by atoms with Crippen LogP contribution in [0.5, 0.6) is 5.75 Å². The molecule has 0 radical (unpaired) electrons. The molecule has 66 valence electrons. The van der Waals surface area contributed by atoms with Crippen molar-refractivity contribution in [3.8, 4) is 12.0 Å². The fraction of sp³-hybridized carbons (Fsp3) is 0.125. The second-order valence-corrected chi connectivity index (χ2v) is 2.06. The van der Waals surface area contributed by atoms with Crippen LogP contribution in [0.1, 0.15) is 10.5 Å². The summed E-state index contributed by atoms with van der Waals surface area (Å²) < 4.78 is 8.93. The number of carbonyl (C=O) groups is 1. The van der Waals surface area contributed by atoms with E-state index in [4.69, 9.17) is 10.00 Å². The highest BCUT2D eigenvalue weighted by Gasteiger charge is 2.09. The molecule has 1 rings (SSSR count). The Morgan fingerprint density at radius 3 is 3.08 bits per heavy atom. The van der Waals surface area contributed by atoms with Gasteiger partial charge in [0, 0.05) is 12.3 Å². The summed E-state index contributed by atoms with van der Waals surface area (Å²) in [7, 11) is 1.47. The van der Waals surface area contributed by atoms with Gasteiger partial charge in [-0.15, -0.1) is 5.26 Å². The average Bonchev–Trinajstić information content (AvgIpc) is 2.18. The lowest BCUT2D eigenvalue weighted by Gasteiger charge is -1.99. The van der Waals surface area contributed by atoms with E-state index < -0.39 is 5.97 Å². The Labute approximate surface area is 74.5 Å². The number of esters is 1. The fourth-order valence-electron chi connectivity index (χ4n) is 0.743. The lowest BCUT2D eigenvalue weighted by molar-refractivity contribution is 0.0678. The summed E-state index contributed by atoms with van der Waals surface area (Å²) in [6, 6.07) is 2.98. The maximum atomic E-state index is 11.0. The molecular weight excluding hydrogens is 172 g/mol. The third kappa shape index (κ3) is 2.17. The molecule has 0 aliphatic rings. The minimum Gasteiger partial charge on any atom is -0.497 e. The van der Waals surface area contributed by atoms with Crippen LogP contribution in [0.4, 0.5) is 0 Å². The molecule has 0 fully saturated rings. The molecule has 0 aliphatic carbocycles. The van der Waals surface area contributed by atoms with Crippen molar-refractivity contribution in [2.45, 2.75) is 0 Å². The molecule has 0 aliphatic heterocycles. The second-order valence-electron chi connectivity index (χ2n) is 2.06. The number of aromatic nitrogens is 1. The van der Waals surface area contributed by atoms with E-state index in [9.17, 15) is 4.79 Å². The zero-order chi connectivity index (χ0) is 9.68. The van der Waals surface area contributed by atoms with Gasteiger partial charge in [-0.05, 0) is 6.07 Å². The number of ether oxygens (including phenoxy) is 2. The molecule has 0 N–H and O–H groups in total. The highest BCUT2D eigenvalue weighted by Crippen LogP contribution is 2.10. The molecule has 0 amide bonds. The van der Waals surface area contributed by atoms with Crippen LogP contribution in [-0.2, 0) is 4.74 Å². The third-order valence-corrected chi connectivity index (χ3v) is 1.31. The molecule has 0 aromatic carbocycles. The summed E-state index contributed by atoms with van der Waals surface area (Å²) in [5, 5.41) is 8.07. The Balaban J connectivity index is 2.89.